The molecule has 4 aromatic rings. The number of nitrogens with zero attached hydrogens (tertiary/aromatic N) is 3. The highest BCUT2D eigenvalue weighted by Crippen LogP contribution is 2.29. The minimum Gasteiger partial charge on any atom is -0.618 e. The lowest BCUT2D eigenvalue weighted by atomic mass is 10.1. The van der Waals surface area contributed by atoms with E-state index < -0.39 is 11.9 Å². The fourth-order valence-corrected chi connectivity index (χ4v) is 4.73. The van der Waals surface area contributed by atoms with Crippen LogP contribution < -0.4 is 19.5 Å². The number of amides is 1. The van der Waals surface area contributed by atoms with Crippen molar-refractivity contribution in [2.24, 2.45) is 0 Å². The largest absolute Gasteiger partial charge is 0.618 e. The lowest BCUT2D eigenvalue weighted by Crippen LogP contribution is -2.41. The van der Waals surface area contributed by atoms with E-state index in [9.17, 15) is 14.8 Å². The molecule has 0 radical (unpaired) electrons. The average molecular weight is 573 g/mol. The normalized spacial score (nSPS) is 14.8. The number of rotatable bonds is 12. The molecule has 2 aromatic carbocycles. The van der Waals surface area contributed by atoms with E-state index in [-0.39, 0.29) is 36.3 Å². The maximum Gasteiger partial charge on any atom is 0.376 e. The highest BCUT2D eigenvalue weighted by Gasteiger charge is 2.28. The molecule has 0 saturated carbocycles. The minimum atomic E-state index is -0.564. The summed E-state index contributed by atoms with van der Waals surface area (Å²) in [6.45, 7) is 2.91. The number of pyridine rings is 1. The standard InChI is InChI=1S/C31H32N4O7/c1-39-31(37)28-16-25(33-42-28)24-12-14-34(18-24)15-13-32-30(36)26-17-27(40-20-22-8-4-2-5-9-22)29(19-35(26)38)41-21-23-10-6-3-7-11-23/h2-11,16-17,19,24H,12-15,18,20-21H2,1H3,(H,32,36)/t24-/m1/s1. The lowest BCUT2D eigenvalue weighted by molar-refractivity contribution is -0.608. The van der Waals surface area contributed by atoms with Gasteiger partial charge in [0.15, 0.2) is 5.75 Å². The van der Waals surface area contributed by atoms with Crippen molar-refractivity contribution in [3.63, 3.8) is 0 Å². The van der Waals surface area contributed by atoms with Crippen LogP contribution in [0.1, 0.15) is 50.2 Å². The number of methoxy groups -OCH3 is 1. The summed E-state index contributed by atoms with van der Waals surface area (Å²) < 4.78 is 22.2. The molecule has 1 N–H and O–H groups in total. The summed E-state index contributed by atoms with van der Waals surface area (Å²) in [6.07, 6.45) is 2.07. The first-order valence-electron chi connectivity index (χ1n) is 13.7. The van der Waals surface area contributed by atoms with Crippen molar-refractivity contribution in [1.82, 2.24) is 15.4 Å². The minimum absolute atomic E-state index is 0.0766. The Balaban J connectivity index is 1.20. The summed E-state index contributed by atoms with van der Waals surface area (Å²) in [5, 5.41) is 19.7. The fourth-order valence-electron chi connectivity index (χ4n) is 4.73. The van der Waals surface area contributed by atoms with E-state index in [1.807, 2.05) is 60.7 Å². The van der Waals surface area contributed by atoms with Gasteiger partial charge in [0.1, 0.15) is 13.2 Å². The van der Waals surface area contributed by atoms with E-state index in [1.54, 1.807) is 6.07 Å². The van der Waals surface area contributed by atoms with Gasteiger partial charge in [-0.3, -0.25) is 4.79 Å². The molecule has 1 amide bonds. The quantitative estimate of drug-likeness (QED) is 0.154. The van der Waals surface area contributed by atoms with Crippen LogP contribution in [-0.4, -0.2) is 55.2 Å². The Bertz CT molecular complexity index is 1490. The van der Waals surface area contributed by atoms with Gasteiger partial charge >= 0.3 is 11.9 Å². The van der Waals surface area contributed by atoms with Gasteiger partial charge in [0.05, 0.1) is 18.9 Å². The fraction of sp³-hybridized carbons (Fsp3) is 0.290. The van der Waals surface area contributed by atoms with Crippen molar-refractivity contribution >= 4 is 11.9 Å². The van der Waals surface area contributed by atoms with E-state index in [2.05, 4.69) is 20.1 Å². The molecule has 11 nitrogen and oxygen atoms in total. The molecule has 0 bridgehead atoms. The highest BCUT2D eigenvalue weighted by molar-refractivity contribution is 5.91. The first-order chi connectivity index (χ1) is 20.5. The van der Waals surface area contributed by atoms with E-state index in [0.29, 0.717) is 35.8 Å². The molecule has 0 spiro atoms. The number of carbonyl (C=O) groups is 2. The molecule has 1 saturated heterocycles. The molecule has 1 fully saturated rings. The van der Waals surface area contributed by atoms with Gasteiger partial charge in [-0.1, -0.05) is 65.8 Å². The van der Waals surface area contributed by atoms with Gasteiger partial charge in [-0.05, 0) is 24.1 Å². The molecule has 5 rings (SSSR count). The predicted octanol–water partition coefficient (Wildman–Crippen LogP) is 3.47. The van der Waals surface area contributed by atoms with Gasteiger partial charge in [-0.25, -0.2) is 4.79 Å². The van der Waals surface area contributed by atoms with Crippen LogP contribution in [0.3, 0.4) is 0 Å². The Morgan fingerprint density at radius 1 is 1.02 bits per heavy atom. The molecule has 42 heavy (non-hydrogen) atoms. The molecule has 1 aliphatic rings. The Labute approximate surface area is 243 Å². The number of nitrogens with one attached hydrogen (secondary N) is 1. The lowest BCUT2D eigenvalue weighted by Gasteiger charge is -2.16. The van der Waals surface area contributed by atoms with Crippen molar-refractivity contribution in [2.45, 2.75) is 25.6 Å². The van der Waals surface area contributed by atoms with Crippen LogP contribution in [0, 0.1) is 5.21 Å². The zero-order chi connectivity index (χ0) is 29.3. The second-order valence-corrected chi connectivity index (χ2v) is 9.91. The van der Waals surface area contributed by atoms with Crippen molar-refractivity contribution in [3.05, 3.63) is 112 Å². The molecule has 0 aliphatic carbocycles. The smallest absolute Gasteiger partial charge is 0.376 e. The number of benzene rings is 2. The zero-order valence-electron chi connectivity index (χ0n) is 23.2. The first kappa shape index (κ1) is 28.6. The summed E-state index contributed by atoms with van der Waals surface area (Å²) in [6, 6.07) is 22.2. The first-order valence-corrected chi connectivity index (χ1v) is 13.7. The molecule has 1 atom stereocenters. The van der Waals surface area contributed by atoms with Crippen LogP contribution in [0.4, 0.5) is 0 Å². The highest BCUT2D eigenvalue weighted by atomic mass is 16.6. The third-order valence-electron chi connectivity index (χ3n) is 7.01. The third kappa shape index (κ3) is 7.24. The number of hydrogen-bond donors (Lipinski definition) is 1. The molecule has 218 valence electrons. The molecular weight excluding hydrogens is 540 g/mol. The van der Waals surface area contributed by atoms with Crippen molar-refractivity contribution in [1.29, 1.82) is 0 Å². The van der Waals surface area contributed by atoms with Crippen molar-refractivity contribution in [2.75, 3.05) is 33.3 Å². The van der Waals surface area contributed by atoms with Crippen LogP contribution in [0.2, 0.25) is 0 Å². The Morgan fingerprint density at radius 3 is 2.36 bits per heavy atom. The molecular formula is C31H32N4O7. The summed E-state index contributed by atoms with van der Waals surface area (Å²) in [4.78, 5) is 26.8. The summed E-state index contributed by atoms with van der Waals surface area (Å²) >= 11 is 0. The number of ether oxygens (including phenoxy) is 3. The van der Waals surface area contributed by atoms with E-state index >= 15 is 0 Å². The van der Waals surface area contributed by atoms with Gasteiger partial charge in [-0.15, -0.1) is 0 Å². The van der Waals surface area contributed by atoms with Gasteiger partial charge in [0.2, 0.25) is 17.7 Å². The number of likely N-dealkylation sites (tertiary alicyclic amines) is 1. The SMILES string of the molecule is COC(=O)c1cc([C@@H]2CCN(CCNC(=O)c3cc(OCc4ccccc4)c(OCc4ccccc4)c[n+]3[O-])C2)no1. The summed E-state index contributed by atoms with van der Waals surface area (Å²) in [5.74, 6) is -0.348. The Hall–Kier alpha value is -4.90. The van der Waals surface area contributed by atoms with Gasteiger partial charge < -0.3 is 34.2 Å². The van der Waals surface area contributed by atoms with Crippen LogP contribution in [0.15, 0.2) is 83.5 Å². The summed E-state index contributed by atoms with van der Waals surface area (Å²) in [5.41, 5.74) is 2.48. The number of esters is 1. The van der Waals surface area contributed by atoms with E-state index in [1.165, 1.54) is 19.4 Å². The van der Waals surface area contributed by atoms with Crippen LogP contribution in [0.25, 0.3) is 0 Å². The Kier molecular flexibility index (Phi) is 9.30. The van der Waals surface area contributed by atoms with Crippen LogP contribution in [-0.2, 0) is 18.0 Å². The topological polar surface area (TPSA) is 130 Å². The van der Waals surface area contributed by atoms with E-state index in [4.69, 9.17) is 14.0 Å². The maximum absolute atomic E-state index is 13.0. The van der Waals surface area contributed by atoms with Gasteiger partial charge in [0, 0.05) is 31.6 Å². The van der Waals surface area contributed by atoms with Crippen LogP contribution in [0.5, 0.6) is 11.5 Å². The van der Waals surface area contributed by atoms with Crippen molar-refractivity contribution < 1.29 is 33.1 Å². The van der Waals surface area contributed by atoms with Gasteiger partial charge in [-0.2, -0.15) is 4.73 Å². The second-order valence-electron chi connectivity index (χ2n) is 9.91. The third-order valence-corrected chi connectivity index (χ3v) is 7.01. The summed E-state index contributed by atoms with van der Waals surface area (Å²) in [7, 11) is 1.29. The monoisotopic (exact) mass is 572 g/mol. The number of carbonyl (C=O) groups excluding carboxylic acids is 2. The molecule has 2 aromatic heterocycles. The number of aromatic nitrogens is 2. The number of hydrogen-bond acceptors (Lipinski definition) is 9. The second kappa shape index (κ2) is 13.6. The molecule has 1 aliphatic heterocycles. The van der Waals surface area contributed by atoms with Gasteiger partial charge in [0.25, 0.3) is 5.69 Å². The Morgan fingerprint density at radius 2 is 1.69 bits per heavy atom. The van der Waals surface area contributed by atoms with Crippen molar-refractivity contribution in [3.8, 4) is 11.5 Å². The van der Waals surface area contributed by atoms with E-state index in [0.717, 1.165) is 24.1 Å². The average Bonchev–Trinajstić information content (AvgIpc) is 3.70. The zero-order valence-corrected chi connectivity index (χ0v) is 23.2. The molecule has 0 unspecified atom stereocenters. The molecule has 11 heteroatoms. The predicted molar refractivity (Wildman–Crippen MR) is 151 cm³/mol. The molecule has 3 heterocycles. The maximum atomic E-state index is 13.0. The van der Waals surface area contributed by atoms with Crippen LogP contribution >= 0.6 is 0 Å².